The highest BCUT2D eigenvalue weighted by Gasteiger charge is 2.20. The summed E-state index contributed by atoms with van der Waals surface area (Å²) in [4.78, 5) is 31.4. The number of carbonyl (C=O) groups is 2. The standard InChI is InChI=1S/C13H18N4O2/c1-16(2)11-9-10(3-5-14-11)13(19)17-7-4-12(18)15-6-8-17/h3,5,9H,4,6-8H2,1-2H3,(H,15,18). The predicted octanol–water partition coefficient (Wildman–Crippen LogP) is 0.110. The SMILES string of the molecule is CN(C)c1cc(C(=O)N2CCNC(=O)CC2)ccn1. The molecule has 1 fully saturated rings. The first-order valence-corrected chi connectivity index (χ1v) is 6.27. The molecule has 2 amide bonds. The van der Waals surface area contributed by atoms with Crippen LogP contribution in [-0.2, 0) is 4.79 Å². The molecule has 102 valence electrons. The molecule has 0 saturated carbocycles. The number of aromatic nitrogens is 1. The van der Waals surface area contributed by atoms with Crippen LogP contribution < -0.4 is 10.2 Å². The van der Waals surface area contributed by atoms with Crippen LogP contribution in [0.15, 0.2) is 18.3 Å². The van der Waals surface area contributed by atoms with Gasteiger partial charge in [-0.05, 0) is 12.1 Å². The van der Waals surface area contributed by atoms with Crippen molar-refractivity contribution < 1.29 is 9.59 Å². The van der Waals surface area contributed by atoms with Gasteiger partial charge in [-0.1, -0.05) is 0 Å². The lowest BCUT2D eigenvalue weighted by Crippen LogP contribution is -2.34. The summed E-state index contributed by atoms with van der Waals surface area (Å²) in [5, 5.41) is 2.76. The third kappa shape index (κ3) is 3.21. The van der Waals surface area contributed by atoms with Crippen LogP contribution in [0.5, 0.6) is 0 Å². The minimum atomic E-state index is -0.0537. The summed E-state index contributed by atoms with van der Waals surface area (Å²) in [6, 6.07) is 3.47. The Kier molecular flexibility index (Phi) is 3.99. The summed E-state index contributed by atoms with van der Waals surface area (Å²) in [7, 11) is 3.76. The van der Waals surface area contributed by atoms with Crippen LogP contribution in [0.2, 0.25) is 0 Å². The Balaban J connectivity index is 2.14. The molecule has 6 heteroatoms. The second kappa shape index (κ2) is 5.69. The van der Waals surface area contributed by atoms with E-state index in [1.165, 1.54) is 0 Å². The minimum absolute atomic E-state index is 0.000918. The molecule has 1 aromatic rings. The number of pyridine rings is 1. The number of amides is 2. The van der Waals surface area contributed by atoms with E-state index in [1.54, 1.807) is 23.2 Å². The maximum Gasteiger partial charge on any atom is 0.254 e. The van der Waals surface area contributed by atoms with Crippen molar-refractivity contribution >= 4 is 17.6 Å². The van der Waals surface area contributed by atoms with Crippen LogP contribution >= 0.6 is 0 Å². The lowest BCUT2D eigenvalue weighted by Gasteiger charge is -2.20. The first-order chi connectivity index (χ1) is 9.08. The summed E-state index contributed by atoms with van der Waals surface area (Å²) in [5.74, 6) is 0.691. The monoisotopic (exact) mass is 262 g/mol. The Morgan fingerprint density at radius 2 is 2.21 bits per heavy atom. The predicted molar refractivity (Wildman–Crippen MR) is 72.1 cm³/mol. The highest BCUT2D eigenvalue weighted by Crippen LogP contribution is 2.12. The Labute approximate surface area is 112 Å². The van der Waals surface area contributed by atoms with Crippen molar-refractivity contribution in [2.45, 2.75) is 6.42 Å². The lowest BCUT2D eigenvalue weighted by atomic mass is 10.2. The summed E-state index contributed by atoms with van der Waals surface area (Å²) >= 11 is 0. The van der Waals surface area contributed by atoms with Crippen molar-refractivity contribution in [2.75, 3.05) is 38.6 Å². The topological polar surface area (TPSA) is 65.5 Å². The van der Waals surface area contributed by atoms with Gasteiger partial charge in [0.15, 0.2) is 0 Å². The first-order valence-electron chi connectivity index (χ1n) is 6.27. The van der Waals surface area contributed by atoms with E-state index >= 15 is 0 Å². The van der Waals surface area contributed by atoms with Gasteiger partial charge in [0.2, 0.25) is 5.91 Å². The van der Waals surface area contributed by atoms with E-state index in [0.717, 1.165) is 5.82 Å². The Bertz CT molecular complexity index is 487. The molecule has 1 N–H and O–H groups in total. The molecule has 0 unspecified atom stereocenters. The maximum atomic E-state index is 12.4. The number of carbonyl (C=O) groups excluding carboxylic acids is 2. The average Bonchev–Trinajstić information content (AvgIpc) is 2.63. The van der Waals surface area contributed by atoms with Gasteiger partial charge >= 0.3 is 0 Å². The Morgan fingerprint density at radius 3 is 2.95 bits per heavy atom. The zero-order valence-electron chi connectivity index (χ0n) is 11.2. The molecule has 0 spiro atoms. The van der Waals surface area contributed by atoms with Crippen molar-refractivity contribution in [1.29, 1.82) is 0 Å². The fourth-order valence-electron chi connectivity index (χ4n) is 1.95. The molecule has 1 aliphatic heterocycles. The lowest BCUT2D eigenvalue weighted by molar-refractivity contribution is -0.120. The third-order valence-electron chi connectivity index (χ3n) is 3.05. The van der Waals surface area contributed by atoms with Gasteiger partial charge in [-0.2, -0.15) is 0 Å². The molecular formula is C13H18N4O2. The molecular weight excluding hydrogens is 244 g/mol. The zero-order chi connectivity index (χ0) is 13.8. The van der Waals surface area contributed by atoms with E-state index in [2.05, 4.69) is 10.3 Å². The van der Waals surface area contributed by atoms with Crippen molar-refractivity contribution in [3.63, 3.8) is 0 Å². The molecule has 0 atom stereocenters. The van der Waals surface area contributed by atoms with Gasteiger partial charge < -0.3 is 15.1 Å². The molecule has 0 radical (unpaired) electrons. The van der Waals surface area contributed by atoms with Crippen molar-refractivity contribution in [2.24, 2.45) is 0 Å². The van der Waals surface area contributed by atoms with Gasteiger partial charge in [0, 0.05) is 51.9 Å². The van der Waals surface area contributed by atoms with Crippen LogP contribution in [0.4, 0.5) is 5.82 Å². The van der Waals surface area contributed by atoms with Crippen LogP contribution in [0.1, 0.15) is 16.8 Å². The third-order valence-corrected chi connectivity index (χ3v) is 3.05. The van der Waals surface area contributed by atoms with E-state index in [4.69, 9.17) is 0 Å². The van der Waals surface area contributed by atoms with E-state index in [1.807, 2.05) is 19.0 Å². The van der Waals surface area contributed by atoms with Gasteiger partial charge in [-0.3, -0.25) is 9.59 Å². The summed E-state index contributed by atoms with van der Waals surface area (Å²) < 4.78 is 0. The number of hydrogen-bond donors (Lipinski definition) is 1. The van der Waals surface area contributed by atoms with Gasteiger partial charge in [0.1, 0.15) is 5.82 Å². The van der Waals surface area contributed by atoms with Crippen molar-refractivity contribution in [3.05, 3.63) is 23.9 Å². The van der Waals surface area contributed by atoms with Gasteiger partial charge in [-0.25, -0.2) is 4.98 Å². The molecule has 6 nitrogen and oxygen atoms in total. The Morgan fingerprint density at radius 1 is 1.42 bits per heavy atom. The molecule has 19 heavy (non-hydrogen) atoms. The van der Waals surface area contributed by atoms with Crippen LogP contribution in [0, 0.1) is 0 Å². The Hall–Kier alpha value is -2.11. The molecule has 2 heterocycles. The molecule has 1 aromatic heterocycles. The smallest absolute Gasteiger partial charge is 0.254 e. The largest absolute Gasteiger partial charge is 0.363 e. The highest BCUT2D eigenvalue weighted by molar-refractivity contribution is 5.95. The number of anilines is 1. The van der Waals surface area contributed by atoms with E-state index in [-0.39, 0.29) is 11.8 Å². The number of hydrogen-bond acceptors (Lipinski definition) is 4. The fraction of sp³-hybridized carbons (Fsp3) is 0.462. The van der Waals surface area contributed by atoms with Crippen LogP contribution in [0.3, 0.4) is 0 Å². The fourth-order valence-corrected chi connectivity index (χ4v) is 1.95. The second-order valence-corrected chi connectivity index (χ2v) is 4.69. The molecule has 2 rings (SSSR count). The summed E-state index contributed by atoms with van der Waals surface area (Å²) in [5.41, 5.74) is 0.605. The summed E-state index contributed by atoms with van der Waals surface area (Å²) in [6.07, 6.45) is 1.99. The van der Waals surface area contributed by atoms with Crippen molar-refractivity contribution in [1.82, 2.24) is 15.2 Å². The van der Waals surface area contributed by atoms with Gasteiger partial charge in [0.05, 0.1) is 0 Å². The first kappa shape index (κ1) is 13.3. The average molecular weight is 262 g/mol. The molecule has 1 saturated heterocycles. The molecule has 0 bridgehead atoms. The van der Waals surface area contributed by atoms with Crippen LogP contribution in [-0.4, -0.2) is 55.4 Å². The zero-order valence-corrected chi connectivity index (χ0v) is 11.2. The minimum Gasteiger partial charge on any atom is -0.363 e. The molecule has 1 aliphatic rings. The maximum absolute atomic E-state index is 12.4. The normalized spacial score (nSPS) is 15.7. The van der Waals surface area contributed by atoms with E-state index in [9.17, 15) is 9.59 Å². The van der Waals surface area contributed by atoms with E-state index in [0.29, 0.717) is 31.6 Å². The van der Waals surface area contributed by atoms with Crippen molar-refractivity contribution in [3.8, 4) is 0 Å². The molecule has 0 aromatic carbocycles. The highest BCUT2D eigenvalue weighted by atomic mass is 16.2. The van der Waals surface area contributed by atoms with E-state index < -0.39 is 0 Å². The van der Waals surface area contributed by atoms with Gasteiger partial charge in [-0.15, -0.1) is 0 Å². The number of rotatable bonds is 2. The summed E-state index contributed by atoms with van der Waals surface area (Å²) in [6.45, 7) is 1.52. The number of nitrogens with zero attached hydrogens (tertiary/aromatic N) is 3. The van der Waals surface area contributed by atoms with Gasteiger partial charge in [0.25, 0.3) is 5.91 Å². The quantitative estimate of drug-likeness (QED) is 0.821. The second-order valence-electron chi connectivity index (χ2n) is 4.69. The van der Waals surface area contributed by atoms with Crippen LogP contribution in [0.25, 0.3) is 0 Å². The number of nitrogens with one attached hydrogen (secondary N) is 1. The molecule has 0 aliphatic carbocycles.